The predicted molar refractivity (Wildman–Crippen MR) is 114 cm³/mol. The maximum absolute atomic E-state index is 14.7. The SMILES string of the molecule is O=C1CCC(N2C(=O)c3ccc(F)c(NCCc4nc5c(s4)CCCC5)c3C2=O)C(=O)N1. The lowest BCUT2D eigenvalue weighted by Crippen LogP contribution is -2.54. The zero-order chi connectivity index (χ0) is 22.4. The molecule has 1 aromatic carbocycles. The third-order valence-electron chi connectivity index (χ3n) is 6.09. The van der Waals surface area contributed by atoms with Crippen LogP contribution in [-0.2, 0) is 28.9 Å². The first-order valence-corrected chi connectivity index (χ1v) is 11.5. The summed E-state index contributed by atoms with van der Waals surface area (Å²) in [7, 11) is 0. The summed E-state index contributed by atoms with van der Waals surface area (Å²) in [5, 5.41) is 6.09. The number of anilines is 1. The summed E-state index contributed by atoms with van der Waals surface area (Å²) >= 11 is 1.67. The highest BCUT2D eigenvalue weighted by molar-refractivity contribution is 7.11. The fraction of sp³-hybridized carbons (Fsp3) is 0.409. The molecule has 1 aromatic heterocycles. The summed E-state index contributed by atoms with van der Waals surface area (Å²) in [6.45, 7) is 0.347. The van der Waals surface area contributed by atoms with Gasteiger partial charge >= 0.3 is 0 Å². The van der Waals surface area contributed by atoms with Crippen LogP contribution in [-0.4, -0.2) is 46.1 Å². The first kappa shape index (κ1) is 20.7. The number of carbonyl (C=O) groups is 4. The second-order valence-corrected chi connectivity index (χ2v) is 9.32. The summed E-state index contributed by atoms with van der Waals surface area (Å²) in [6, 6.07) is 1.32. The molecular weight excluding hydrogens is 435 g/mol. The Bertz CT molecular complexity index is 1140. The molecule has 2 N–H and O–H groups in total. The quantitative estimate of drug-likeness (QED) is 0.668. The van der Waals surface area contributed by atoms with E-state index >= 15 is 0 Å². The molecule has 4 amide bonds. The average Bonchev–Trinajstić information content (AvgIpc) is 3.29. The minimum absolute atomic E-state index is 0.0288. The first-order valence-electron chi connectivity index (χ1n) is 10.7. The molecule has 0 bridgehead atoms. The zero-order valence-corrected chi connectivity index (χ0v) is 18.0. The molecular formula is C22H21FN4O4S. The van der Waals surface area contributed by atoms with Crippen molar-refractivity contribution in [1.82, 2.24) is 15.2 Å². The Morgan fingerprint density at radius 3 is 2.72 bits per heavy atom. The highest BCUT2D eigenvalue weighted by atomic mass is 32.1. The Hall–Kier alpha value is -3.14. The number of carbonyl (C=O) groups excluding carboxylic acids is 4. The third kappa shape index (κ3) is 3.48. The van der Waals surface area contributed by atoms with Gasteiger partial charge in [-0.3, -0.25) is 29.4 Å². The molecule has 0 spiro atoms. The van der Waals surface area contributed by atoms with Crippen molar-refractivity contribution in [3.63, 3.8) is 0 Å². The van der Waals surface area contributed by atoms with E-state index in [1.807, 2.05) is 0 Å². The standard InChI is InChI=1S/C22H21FN4O4S/c23-12-6-5-11-18(22(31)27(21(11)30)14-7-8-16(28)26-20(14)29)19(12)24-10-9-17-25-13-3-1-2-4-15(13)32-17/h5-6,14,24H,1-4,7-10H2,(H,26,28,29). The van der Waals surface area contributed by atoms with Gasteiger partial charge in [-0.1, -0.05) is 0 Å². The summed E-state index contributed by atoms with van der Waals surface area (Å²) in [5.74, 6) is -3.17. The van der Waals surface area contributed by atoms with Crippen molar-refractivity contribution >= 4 is 40.7 Å². The number of nitrogens with one attached hydrogen (secondary N) is 2. The van der Waals surface area contributed by atoms with Crippen molar-refractivity contribution in [2.75, 3.05) is 11.9 Å². The molecule has 5 rings (SSSR count). The highest BCUT2D eigenvalue weighted by Crippen LogP contribution is 2.34. The predicted octanol–water partition coefficient (Wildman–Crippen LogP) is 2.22. The fourth-order valence-electron chi connectivity index (χ4n) is 4.51. The number of aromatic nitrogens is 1. The Kier molecular flexibility index (Phi) is 5.24. The summed E-state index contributed by atoms with van der Waals surface area (Å²) in [6.07, 6.45) is 5.02. The van der Waals surface area contributed by atoms with E-state index in [1.54, 1.807) is 11.3 Å². The van der Waals surface area contributed by atoms with E-state index in [-0.39, 0.29) is 29.7 Å². The first-order chi connectivity index (χ1) is 15.4. The number of rotatable bonds is 5. The van der Waals surface area contributed by atoms with Gasteiger partial charge in [0.2, 0.25) is 11.8 Å². The Morgan fingerprint density at radius 2 is 1.94 bits per heavy atom. The maximum atomic E-state index is 14.7. The number of amides is 4. The lowest BCUT2D eigenvalue weighted by Gasteiger charge is -2.27. The molecule has 0 saturated carbocycles. The van der Waals surface area contributed by atoms with Crippen LogP contribution in [0.2, 0.25) is 0 Å². The number of piperidine rings is 1. The van der Waals surface area contributed by atoms with Crippen LogP contribution >= 0.6 is 11.3 Å². The van der Waals surface area contributed by atoms with Crippen molar-refractivity contribution in [2.24, 2.45) is 0 Å². The van der Waals surface area contributed by atoms with Crippen molar-refractivity contribution in [3.8, 4) is 0 Å². The smallest absolute Gasteiger partial charge is 0.264 e. The molecule has 2 aromatic rings. The number of nitrogens with zero attached hydrogens (tertiary/aromatic N) is 2. The zero-order valence-electron chi connectivity index (χ0n) is 17.2. The summed E-state index contributed by atoms with van der Waals surface area (Å²) in [4.78, 5) is 56.5. The Balaban J connectivity index is 1.35. The van der Waals surface area contributed by atoms with Crippen LogP contribution in [0, 0.1) is 5.82 Å². The molecule has 1 saturated heterocycles. The van der Waals surface area contributed by atoms with Crippen LogP contribution in [0.3, 0.4) is 0 Å². The lowest BCUT2D eigenvalue weighted by atomic mass is 10.0. The van der Waals surface area contributed by atoms with Crippen molar-refractivity contribution in [3.05, 3.63) is 44.7 Å². The molecule has 1 aliphatic carbocycles. The number of aryl methyl sites for hydroxylation is 2. The van der Waals surface area contributed by atoms with Gasteiger partial charge in [0.25, 0.3) is 11.8 Å². The minimum atomic E-state index is -1.09. The fourth-order valence-corrected chi connectivity index (χ4v) is 5.67. The van der Waals surface area contributed by atoms with E-state index in [2.05, 4.69) is 15.6 Å². The summed E-state index contributed by atoms with van der Waals surface area (Å²) < 4.78 is 14.7. The molecule has 10 heteroatoms. The van der Waals surface area contributed by atoms with Gasteiger partial charge < -0.3 is 5.32 Å². The van der Waals surface area contributed by atoms with E-state index in [1.165, 1.54) is 17.4 Å². The van der Waals surface area contributed by atoms with Crippen molar-refractivity contribution in [2.45, 2.75) is 51.0 Å². The molecule has 1 unspecified atom stereocenters. The van der Waals surface area contributed by atoms with Gasteiger partial charge in [-0.05, 0) is 44.2 Å². The third-order valence-corrected chi connectivity index (χ3v) is 7.31. The molecule has 1 fully saturated rings. The molecule has 166 valence electrons. The number of hydrogen-bond acceptors (Lipinski definition) is 7. The van der Waals surface area contributed by atoms with Gasteiger partial charge in [-0.2, -0.15) is 0 Å². The lowest BCUT2D eigenvalue weighted by molar-refractivity contribution is -0.136. The van der Waals surface area contributed by atoms with E-state index in [0.717, 1.165) is 40.9 Å². The molecule has 3 aliphatic rings. The number of thiazole rings is 1. The summed E-state index contributed by atoms with van der Waals surface area (Å²) in [5.41, 5.74) is 1.09. The largest absolute Gasteiger partial charge is 0.382 e. The molecule has 32 heavy (non-hydrogen) atoms. The molecule has 0 radical (unpaired) electrons. The second kappa shape index (κ2) is 8.09. The Morgan fingerprint density at radius 1 is 1.12 bits per heavy atom. The van der Waals surface area contributed by atoms with E-state index in [9.17, 15) is 23.6 Å². The van der Waals surface area contributed by atoms with E-state index in [0.29, 0.717) is 13.0 Å². The topological polar surface area (TPSA) is 108 Å². The monoisotopic (exact) mass is 456 g/mol. The average molecular weight is 456 g/mol. The number of imide groups is 2. The van der Waals surface area contributed by atoms with Crippen LogP contribution < -0.4 is 10.6 Å². The normalized spacial score (nSPS) is 20.3. The van der Waals surface area contributed by atoms with Gasteiger partial charge in [-0.25, -0.2) is 9.37 Å². The molecule has 3 heterocycles. The van der Waals surface area contributed by atoms with Crippen LogP contribution in [0.5, 0.6) is 0 Å². The molecule has 8 nitrogen and oxygen atoms in total. The van der Waals surface area contributed by atoms with Crippen LogP contribution in [0.1, 0.15) is 62.0 Å². The number of benzene rings is 1. The van der Waals surface area contributed by atoms with Crippen LogP contribution in [0.15, 0.2) is 12.1 Å². The highest BCUT2D eigenvalue weighted by Gasteiger charge is 2.46. The van der Waals surface area contributed by atoms with Crippen molar-refractivity contribution in [1.29, 1.82) is 0 Å². The van der Waals surface area contributed by atoms with Crippen molar-refractivity contribution < 1.29 is 23.6 Å². The van der Waals surface area contributed by atoms with Gasteiger partial charge in [0.1, 0.15) is 11.9 Å². The van der Waals surface area contributed by atoms with E-state index < -0.39 is 35.5 Å². The van der Waals surface area contributed by atoms with Crippen LogP contribution in [0.25, 0.3) is 0 Å². The Labute approximate surface area is 187 Å². The number of fused-ring (bicyclic) bond motifs is 2. The maximum Gasteiger partial charge on any atom is 0.264 e. The van der Waals surface area contributed by atoms with Gasteiger partial charge in [-0.15, -0.1) is 11.3 Å². The second-order valence-electron chi connectivity index (χ2n) is 8.15. The number of hydrogen-bond donors (Lipinski definition) is 2. The minimum Gasteiger partial charge on any atom is -0.382 e. The van der Waals surface area contributed by atoms with Crippen LogP contribution in [0.4, 0.5) is 10.1 Å². The van der Waals surface area contributed by atoms with Gasteiger partial charge in [0.15, 0.2) is 0 Å². The number of halogens is 1. The van der Waals surface area contributed by atoms with Gasteiger partial charge in [0.05, 0.1) is 27.5 Å². The van der Waals surface area contributed by atoms with E-state index in [4.69, 9.17) is 0 Å². The molecule has 2 aliphatic heterocycles. The van der Waals surface area contributed by atoms with Gasteiger partial charge in [0, 0.05) is 24.3 Å². The molecule has 1 atom stereocenters.